The van der Waals surface area contributed by atoms with Gasteiger partial charge in [0.15, 0.2) is 0 Å². The number of esters is 1. The van der Waals surface area contributed by atoms with Crippen LogP contribution in [0.5, 0.6) is 0 Å². The number of hydrogen-bond donors (Lipinski definition) is 2. The standard InChI is InChI=1S/C13H25NO3/c1-3-17-13(16)10(2)9-14-11-7-5-4-6-8-12(11)15/h10-12,14-15H,3-9H2,1-2H3. The molecule has 3 unspecified atom stereocenters. The molecule has 2 N–H and O–H groups in total. The van der Waals surface area contributed by atoms with Crippen molar-refractivity contribution in [2.45, 2.75) is 58.1 Å². The Bertz CT molecular complexity index is 233. The zero-order chi connectivity index (χ0) is 12.7. The van der Waals surface area contributed by atoms with Gasteiger partial charge in [-0.3, -0.25) is 4.79 Å². The molecule has 0 saturated heterocycles. The maximum atomic E-state index is 11.4. The fourth-order valence-electron chi connectivity index (χ4n) is 2.22. The van der Waals surface area contributed by atoms with Crippen LogP contribution in [-0.2, 0) is 9.53 Å². The number of nitrogens with one attached hydrogen (secondary N) is 1. The highest BCUT2D eigenvalue weighted by Gasteiger charge is 2.23. The summed E-state index contributed by atoms with van der Waals surface area (Å²) in [6, 6.07) is 0.134. The van der Waals surface area contributed by atoms with Crippen LogP contribution in [0.3, 0.4) is 0 Å². The van der Waals surface area contributed by atoms with Crippen molar-refractivity contribution in [1.82, 2.24) is 5.32 Å². The normalized spacial score (nSPS) is 27.2. The molecular weight excluding hydrogens is 218 g/mol. The molecule has 0 heterocycles. The van der Waals surface area contributed by atoms with E-state index in [9.17, 15) is 9.90 Å². The van der Waals surface area contributed by atoms with E-state index in [4.69, 9.17) is 4.74 Å². The second-order valence-corrected chi connectivity index (χ2v) is 4.87. The number of carbonyl (C=O) groups excluding carboxylic acids is 1. The first-order valence-corrected chi connectivity index (χ1v) is 6.73. The molecule has 0 radical (unpaired) electrons. The third kappa shape index (κ3) is 5.04. The van der Waals surface area contributed by atoms with Crippen molar-refractivity contribution in [3.63, 3.8) is 0 Å². The summed E-state index contributed by atoms with van der Waals surface area (Å²) in [7, 11) is 0. The van der Waals surface area contributed by atoms with E-state index < -0.39 is 0 Å². The van der Waals surface area contributed by atoms with Gasteiger partial charge in [0.2, 0.25) is 0 Å². The lowest BCUT2D eigenvalue weighted by Crippen LogP contribution is -2.42. The fraction of sp³-hybridized carbons (Fsp3) is 0.923. The molecule has 4 nitrogen and oxygen atoms in total. The van der Waals surface area contributed by atoms with Crippen molar-refractivity contribution in [3.05, 3.63) is 0 Å². The number of ether oxygens (including phenoxy) is 1. The lowest BCUT2D eigenvalue weighted by molar-refractivity contribution is -0.147. The summed E-state index contributed by atoms with van der Waals surface area (Å²) < 4.78 is 4.95. The van der Waals surface area contributed by atoms with Crippen molar-refractivity contribution >= 4 is 5.97 Å². The lowest BCUT2D eigenvalue weighted by Gasteiger charge is -2.23. The number of aliphatic hydroxyl groups excluding tert-OH is 1. The van der Waals surface area contributed by atoms with Gasteiger partial charge in [0.05, 0.1) is 18.6 Å². The van der Waals surface area contributed by atoms with Crippen molar-refractivity contribution in [1.29, 1.82) is 0 Å². The Kier molecular flexibility index (Phi) is 6.52. The van der Waals surface area contributed by atoms with Gasteiger partial charge in [0, 0.05) is 12.6 Å². The van der Waals surface area contributed by atoms with Gasteiger partial charge in [0.25, 0.3) is 0 Å². The molecule has 1 aliphatic rings. The van der Waals surface area contributed by atoms with Gasteiger partial charge in [-0.2, -0.15) is 0 Å². The summed E-state index contributed by atoms with van der Waals surface area (Å²) in [4.78, 5) is 11.4. The molecule has 1 fully saturated rings. The van der Waals surface area contributed by atoms with E-state index in [-0.39, 0.29) is 24.0 Å². The van der Waals surface area contributed by atoms with Crippen molar-refractivity contribution in [3.8, 4) is 0 Å². The number of hydrogen-bond acceptors (Lipinski definition) is 4. The van der Waals surface area contributed by atoms with Gasteiger partial charge in [-0.25, -0.2) is 0 Å². The van der Waals surface area contributed by atoms with E-state index in [0.717, 1.165) is 25.7 Å². The molecule has 4 heteroatoms. The van der Waals surface area contributed by atoms with Crippen LogP contribution in [0, 0.1) is 5.92 Å². The minimum atomic E-state index is -0.271. The quantitative estimate of drug-likeness (QED) is 0.567. The Hall–Kier alpha value is -0.610. The van der Waals surface area contributed by atoms with Crippen LogP contribution in [0.4, 0.5) is 0 Å². The molecule has 0 spiro atoms. The molecular formula is C13H25NO3. The SMILES string of the molecule is CCOC(=O)C(C)CNC1CCCCCC1O. The highest BCUT2D eigenvalue weighted by molar-refractivity contribution is 5.72. The first kappa shape index (κ1) is 14.5. The molecule has 0 aromatic heterocycles. The lowest BCUT2D eigenvalue weighted by atomic mass is 10.0. The fourth-order valence-corrected chi connectivity index (χ4v) is 2.22. The first-order chi connectivity index (χ1) is 8.15. The second kappa shape index (κ2) is 7.67. The molecule has 0 bridgehead atoms. The number of rotatable bonds is 5. The van der Waals surface area contributed by atoms with Gasteiger partial charge < -0.3 is 15.2 Å². The van der Waals surface area contributed by atoms with E-state index in [2.05, 4.69) is 5.32 Å². The summed E-state index contributed by atoms with van der Waals surface area (Å²) in [5.41, 5.74) is 0. The molecule has 1 aliphatic carbocycles. The van der Waals surface area contributed by atoms with E-state index in [1.807, 2.05) is 13.8 Å². The molecule has 0 aromatic carbocycles. The molecule has 3 atom stereocenters. The van der Waals surface area contributed by atoms with Crippen LogP contribution in [0.15, 0.2) is 0 Å². The maximum Gasteiger partial charge on any atom is 0.309 e. The zero-order valence-electron chi connectivity index (χ0n) is 10.9. The second-order valence-electron chi connectivity index (χ2n) is 4.87. The Balaban J connectivity index is 2.30. The molecule has 0 amide bonds. The summed E-state index contributed by atoms with van der Waals surface area (Å²) in [5.74, 6) is -0.312. The summed E-state index contributed by atoms with van der Waals surface area (Å²) in [6.07, 6.45) is 5.05. The number of aliphatic hydroxyl groups is 1. The largest absolute Gasteiger partial charge is 0.466 e. The number of carbonyl (C=O) groups is 1. The Morgan fingerprint density at radius 3 is 2.82 bits per heavy atom. The Morgan fingerprint density at radius 2 is 2.12 bits per heavy atom. The van der Waals surface area contributed by atoms with Crippen molar-refractivity contribution in [2.75, 3.05) is 13.2 Å². The minimum absolute atomic E-state index is 0.134. The molecule has 0 aliphatic heterocycles. The molecule has 100 valence electrons. The topological polar surface area (TPSA) is 58.6 Å². The molecule has 1 rings (SSSR count). The highest BCUT2D eigenvalue weighted by atomic mass is 16.5. The smallest absolute Gasteiger partial charge is 0.309 e. The van der Waals surface area contributed by atoms with Crippen LogP contribution in [0.1, 0.15) is 46.0 Å². The van der Waals surface area contributed by atoms with Gasteiger partial charge in [-0.05, 0) is 19.8 Å². The average molecular weight is 243 g/mol. The molecule has 0 aromatic rings. The monoisotopic (exact) mass is 243 g/mol. The third-order valence-electron chi connectivity index (χ3n) is 3.35. The average Bonchev–Trinajstić information content (AvgIpc) is 2.51. The Morgan fingerprint density at radius 1 is 1.41 bits per heavy atom. The maximum absolute atomic E-state index is 11.4. The highest BCUT2D eigenvalue weighted by Crippen LogP contribution is 2.18. The van der Waals surface area contributed by atoms with E-state index in [0.29, 0.717) is 13.2 Å². The van der Waals surface area contributed by atoms with Crippen LogP contribution in [-0.4, -0.2) is 36.4 Å². The molecule has 1 saturated carbocycles. The predicted octanol–water partition coefficient (Wildman–Crippen LogP) is 1.47. The molecule has 17 heavy (non-hydrogen) atoms. The summed E-state index contributed by atoms with van der Waals surface area (Å²) in [6.45, 7) is 4.68. The van der Waals surface area contributed by atoms with E-state index >= 15 is 0 Å². The Labute approximate surface area is 104 Å². The van der Waals surface area contributed by atoms with Crippen LogP contribution < -0.4 is 5.32 Å². The van der Waals surface area contributed by atoms with Gasteiger partial charge in [-0.15, -0.1) is 0 Å². The van der Waals surface area contributed by atoms with Gasteiger partial charge in [0.1, 0.15) is 0 Å². The summed E-state index contributed by atoms with van der Waals surface area (Å²) >= 11 is 0. The van der Waals surface area contributed by atoms with Crippen LogP contribution in [0.25, 0.3) is 0 Å². The van der Waals surface area contributed by atoms with Crippen molar-refractivity contribution in [2.24, 2.45) is 5.92 Å². The third-order valence-corrected chi connectivity index (χ3v) is 3.35. The van der Waals surface area contributed by atoms with Gasteiger partial charge >= 0.3 is 5.97 Å². The van der Waals surface area contributed by atoms with Crippen LogP contribution >= 0.6 is 0 Å². The van der Waals surface area contributed by atoms with E-state index in [1.54, 1.807) is 0 Å². The predicted molar refractivity (Wildman–Crippen MR) is 66.7 cm³/mol. The van der Waals surface area contributed by atoms with Crippen LogP contribution in [0.2, 0.25) is 0 Å². The zero-order valence-corrected chi connectivity index (χ0v) is 10.9. The van der Waals surface area contributed by atoms with E-state index in [1.165, 1.54) is 6.42 Å². The van der Waals surface area contributed by atoms with Gasteiger partial charge in [-0.1, -0.05) is 26.2 Å². The van der Waals surface area contributed by atoms with Crippen molar-refractivity contribution < 1.29 is 14.6 Å². The first-order valence-electron chi connectivity index (χ1n) is 6.73. The summed E-state index contributed by atoms with van der Waals surface area (Å²) in [5, 5.41) is 13.2. The minimum Gasteiger partial charge on any atom is -0.466 e.